The van der Waals surface area contributed by atoms with Crippen LogP contribution < -0.4 is 5.73 Å². The van der Waals surface area contributed by atoms with E-state index in [9.17, 15) is 0 Å². The van der Waals surface area contributed by atoms with Gasteiger partial charge < -0.3 is 5.73 Å². The van der Waals surface area contributed by atoms with Crippen LogP contribution in [-0.4, -0.2) is 5.54 Å². The van der Waals surface area contributed by atoms with Gasteiger partial charge in [0.15, 0.2) is 0 Å². The highest BCUT2D eigenvalue weighted by atomic mass is 14.9. The van der Waals surface area contributed by atoms with Gasteiger partial charge in [-0.15, -0.1) is 0 Å². The number of rotatable bonds is 2. The molecule has 0 heterocycles. The molecule has 0 atom stereocenters. The van der Waals surface area contributed by atoms with Gasteiger partial charge in [0.2, 0.25) is 0 Å². The Hall–Kier alpha value is -0.0400. The van der Waals surface area contributed by atoms with E-state index in [1.165, 1.54) is 51.4 Å². The van der Waals surface area contributed by atoms with Crippen molar-refractivity contribution in [2.75, 3.05) is 0 Å². The molecule has 3 fully saturated rings. The van der Waals surface area contributed by atoms with E-state index in [-0.39, 0.29) is 0 Å². The van der Waals surface area contributed by atoms with Gasteiger partial charge in [-0.05, 0) is 55.8 Å². The van der Waals surface area contributed by atoms with Crippen molar-refractivity contribution >= 4 is 0 Å². The second-order valence-electron chi connectivity index (χ2n) is 6.27. The lowest BCUT2D eigenvalue weighted by Crippen LogP contribution is -2.40. The van der Waals surface area contributed by atoms with Gasteiger partial charge in [-0.1, -0.05) is 19.8 Å². The summed E-state index contributed by atoms with van der Waals surface area (Å²) < 4.78 is 0. The molecule has 0 bridgehead atoms. The second-order valence-corrected chi connectivity index (χ2v) is 6.27. The van der Waals surface area contributed by atoms with Crippen LogP contribution in [0.5, 0.6) is 0 Å². The third kappa shape index (κ3) is 1.18. The lowest BCUT2D eigenvalue weighted by Gasteiger charge is -2.36. The lowest BCUT2D eigenvalue weighted by atomic mass is 9.70. The fourth-order valence-corrected chi connectivity index (χ4v) is 3.89. The van der Waals surface area contributed by atoms with Crippen molar-refractivity contribution in [3.63, 3.8) is 0 Å². The molecular formula is C13H23N. The molecule has 0 spiro atoms. The van der Waals surface area contributed by atoms with Crippen molar-refractivity contribution in [2.24, 2.45) is 23.0 Å². The summed E-state index contributed by atoms with van der Waals surface area (Å²) in [6.45, 7) is 2.41. The largest absolute Gasteiger partial charge is 0.325 e. The van der Waals surface area contributed by atoms with Crippen molar-refractivity contribution in [3.8, 4) is 0 Å². The second kappa shape index (κ2) is 2.75. The minimum absolute atomic E-state index is 0.304. The molecule has 2 N–H and O–H groups in total. The van der Waals surface area contributed by atoms with Crippen LogP contribution in [0.15, 0.2) is 0 Å². The summed E-state index contributed by atoms with van der Waals surface area (Å²) in [6, 6.07) is 0. The van der Waals surface area contributed by atoms with E-state index >= 15 is 0 Å². The average Bonchev–Trinajstić information content (AvgIpc) is 3.01. The zero-order valence-electron chi connectivity index (χ0n) is 9.39. The zero-order valence-corrected chi connectivity index (χ0v) is 9.39. The van der Waals surface area contributed by atoms with Crippen LogP contribution in [0.2, 0.25) is 0 Å². The third-order valence-corrected chi connectivity index (χ3v) is 5.37. The molecule has 3 rings (SSSR count). The fraction of sp³-hybridized carbons (Fsp3) is 1.00. The topological polar surface area (TPSA) is 26.0 Å². The Kier molecular flexibility index (Phi) is 1.81. The smallest absolute Gasteiger partial charge is 0.0215 e. The number of hydrogen-bond donors (Lipinski definition) is 1. The molecule has 0 saturated heterocycles. The quantitative estimate of drug-likeness (QED) is 0.716. The molecule has 0 amide bonds. The highest BCUT2D eigenvalue weighted by molar-refractivity contribution is 5.21. The highest BCUT2D eigenvalue weighted by Gasteiger charge is 2.66. The molecule has 3 aliphatic rings. The highest BCUT2D eigenvalue weighted by Crippen LogP contribution is 2.68. The molecule has 0 aromatic heterocycles. The Labute approximate surface area is 87.4 Å². The third-order valence-electron chi connectivity index (χ3n) is 5.37. The predicted octanol–water partition coefficient (Wildman–Crippen LogP) is 3.08. The van der Waals surface area contributed by atoms with Crippen molar-refractivity contribution in [2.45, 2.75) is 63.8 Å². The van der Waals surface area contributed by atoms with Crippen LogP contribution in [0, 0.1) is 17.3 Å². The molecule has 14 heavy (non-hydrogen) atoms. The van der Waals surface area contributed by atoms with Gasteiger partial charge in [0, 0.05) is 5.54 Å². The summed E-state index contributed by atoms with van der Waals surface area (Å²) in [5.74, 6) is 1.97. The first-order chi connectivity index (χ1) is 6.66. The Balaban J connectivity index is 1.70. The molecule has 80 valence electrons. The Bertz CT molecular complexity index is 230. The van der Waals surface area contributed by atoms with Crippen molar-refractivity contribution in [1.82, 2.24) is 0 Å². The predicted molar refractivity (Wildman–Crippen MR) is 58.9 cm³/mol. The molecule has 0 radical (unpaired) electrons. The van der Waals surface area contributed by atoms with E-state index in [0.29, 0.717) is 11.0 Å². The molecule has 1 nitrogen and oxygen atoms in total. The van der Waals surface area contributed by atoms with Crippen LogP contribution in [0.25, 0.3) is 0 Å². The molecule has 3 aliphatic carbocycles. The van der Waals surface area contributed by atoms with E-state index in [2.05, 4.69) is 6.92 Å². The monoisotopic (exact) mass is 193 g/mol. The first kappa shape index (κ1) is 9.21. The van der Waals surface area contributed by atoms with Gasteiger partial charge in [-0.3, -0.25) is 0 Å². The van der Waals surface area contributed by atoms with Crippen molar-refractivity contribution in [3.05, 3.63) is 0 Å². The molecule has 0 aliphatic heterocycles. The fourth-order valence-electron chi connectivity index (χ4n) is 3.89. The van der Waals surface area contributed by atoms with Gasteiger partial charge in [0.25, 0.3) is 0 Å². The minimum atomic E-state index is 0.304. The Morgan fingerprint density at radius 1 is 0.929 bits per heavy atom. The van der Waals surface area contributed by atoms with Crippen molar-refractivity contribution in [1.29, 1.82) is 0 Å². The number of hydrogen-bond acceptors (Lipinski definition) is 1. The Morgan fingerprint density at radius 3 is 1.93 bits per heavy atom. The van der Waals surface area contributed by atoms with Crippen LogP contribution in [-0.2, 0) is 0 Å². The average molecular weight is 193 g/mol. The maximum atomic E-state index is 6.45. The van der Waals surface area contributed by atoms with Crippen LogP contribution in [0.4, 0.5) is 0 Å². The van der Waals surface area contributed by atoms with Gasteiger partial charge in [-0.2, -0.15) is 0 Å². The van der Waals surface area contributed by atoms with Crippen LogP contribution in [0.1, 0.15) is 58.3 Å². The molecule has 0 aromatic carbocycles. The van der Waals surface area contributed by atoms with Gasteiger partial charge in [0.1, 0.15) is 0 Å². The van der Waals surface area contributed by atoms with Gasteiger partial charge >= 0.3 is 0 Å². The SMILES string of the molecule is CC1CCC(C2(C3(N)CC3)CC2)CC1. The normalized spacial score (nSPS) is 43.3. The minimum Gasteiger partial charge on any atom is -0.325 e. The number of nitrogens with two attached hydrogens (primary N) is 1. The van der Waals surface area contributed by atoms with E-state index in [4.69, 9.17) is 5.73 Å². The summed E-state index contributed by atoms with van der Waals surface area (Å²) in [6.07, 6.45) is 11.4. The molecule has 0 aromatic rings. The van der Waals surface area contributed by atoms with Crippen LogP contribution in [0.3, 0.4) is 0 Å². The summed E-state index contributed by atoms with van der Waals surface area (Å²) in [5, 5.41) is 0. The summed E-state index contributed by atoms with van der Waals surface area (Å²) in [7, 11) is 0. The summed E-state index contributed by atoms with van der Waals surface area (Å²) >= 11 is 0. The van der Waals surface area contributed by atoms with Gasteiger partial charge in [-0.25, -0.2) is 0 Å². The first-order valence-electron chi connectivity index (χ1n) is 6.45. The Morgan fingerprint density at radius 2 is 1.50 bits per heavy atom. The molecule has 1 heteroatoms. The molecule has 0 unspecified atom stereocenters. The summed E-state index contributed by atoms with van der Waals surface area (Å²) in [5.41, 5.74) is 7.39. The summed E-state index contributed by atoms with van der Waals surface area (Å²) in [4.78, 5) is 0. The van der Waals surface area contributed by atoms with E-state index < -0.39 is 0 Å². The van der Waals surface area contributed by atoms with Crippen molar-refractivity contribution < 1.29 is 0 Å². The van der Waals surface area contributed by atoms with Crippen LogP contribution >= 0.6 is 0 Å². The maximum absolute atomic E-state index is 6.45. The molecule has 3 saturated carbocycles. The zero-order chi connectivity index (χ0) is 9.81. The van der Waals surface area contributed by atoms with E-state index in [1.807, 2.05) is 0 Å². The standard InChI is InChI=1S/C13H23N/c1-10-2-4-11(5-3-10)12(6-7-12)13(14)8-9-13/h10-11H,2-9,14H2,1H3. The van der Waals surface area contributed by atoms with E-state index in [1.54, 1.807) is 0 Å². The van der Waals surface area contributed by atoms with Gasteiger partial charge in [0.05, 0.1) is 0 Å². The molecular weight excluding hydrogens is 170 g/mol. The maximum Gasteiger partial charge on any atom is 0.0215 e. The van der Waals surface area contributed by atoms with E-state index in [0.717, 1.165) is 11.8 Å². The lowest BCUT2D eigenvalue weighted by molar-refractivity contribution is 0.159. The first-order valence-corrected chi connectivity index (χ1v) is 6.45.